The molecule has 24 heavy (non-hydrogen) atoms. The second-order valence-corrected chi connectivity index (χ2v) is 6.79. The van der Waals surface area contributed by atoms with Gasteiger partial charge in [-0.05, 0) is 30.8 Å². The number of hydrogen-bond donors (Lipinski definition) is 0. The molecule has 1 saturated heterocycles. The summed E-state index contributed by atoms with van der Waals surface area (Å²) in [5.41, 5.74) is -0.0297. The second kappa shape index (κ2) is 6.78. The van der Waals surface area contributed by atoms with E-state index in [4.69, 9.17) is 4.52 Å². The molecule has 0 N–H and O–H groups in total. The smallest absolute Gasteiger partial charge is 0.338 e. The molecule has 0 spiro atoms. The molecule has 0 saturated carbocycles. The summed E-state index contributed by atoms with van der Waals surface area (Å²) in [6, 6.07) is 0. The van der Waals surface area contributed by atoms with Gasteiger partial charge in [-0.2, -0.15) is 10.1 Å². The maximum atomic E-state index is 12.0. The molecule has 3 rings (SSSR count). The van der Waals surface area contributed by atoms with Gasteiger partial charge < -0.3 is 9.42 Å². The van der Waals surface area contributed by atoms with Gasteiger partial charge in [0.1, 0.15) is 5.82 Å². The van der Waals surface area contributed by atoms with Crippen molar-refractivity contribution in [3.8, 4) is 0 Å². The lowest BCUT2D eigenvalue weighted by Crippen LogP contribution is -2.35. The van der Waals surface area contributed by atoms with Crippen LogP contribution in [-0.2, 0) is 20.0 Å². The average Bonchev–Trinajstić information content (AvgIpc) is 3.15. The molecule has 1 aliphatic heterocycles. The van der Waals surface area contributed by atoms with Crippen LogP contribution in [-0.4, -0.2) is 37.6 Å². The van der Waals surface area contributed by atoms with E-state index < -0.39 is 0 Å². The molecule has 3 heterocycles. The standard InChI is InChI=1S/C16H26N6O2/c1-5-22-13(18-20(4)16(22)23)10-12-6-8-21(9-7-12)15-17-14(11(2)3)24-19-15/h11-12H,5-10H2,1-4H3. The molecular formula is C16H26N6O2. The molecule has 1 aliphatic rings. The van der Waals surface area contributed by atoms with Gasteiger partial charge in [-0.15, -0.1) is 0 Å². The molecule has 0 unspecified atom stereocenters. The van der Waals surface area contributed by atoms with Gasteiger partial charge in [0.25, 0.3) is 5.95 Å². The maximum Gasteiger partial charge on any atom is 0.345 e. The predicted molar refractivity (Wildman–Crippen MR) is 90.2 cm³/mol. The Hall–Kier alpha value is -2.12. The van der Waals surface area contributed by atoms with Crippen molar-refractivity contribution in [1.82, 2.24) is 24.5 Å². The fraction of sp³-hybridized carbons (Fsp3) is 0.750. The van der Waals surface area contributed by atoms with Crippen molar-refractivity contribution in [2.24, 2.45) is 13.0 Å². The molecule has 0 radical (unpaired) electrons. The summed E-state index contributed by atoms with van der Waals surface area (Å²) in [6.45, 7) is 8.56. The number of anilines is 1. The quantitative estimate of drug-likeness (QED) is 0.825. The average molecular weight is 334 g/mol. The summed E-state index contributed by atoms with van der Waals surface area (Å²) in [5, 5.41) is 8.48. The van der Waals surface area contributed by atoms with Crippen molar-refractivity contribution in [1.29, 1.82) is 0 Å². The minimum Gasteiger partial charge on any atom is -0.338 e. The highest BCUT2D eigenvalue weighted by Gasteiger charge is 2.25. The first-order valence-electron chi connectivity index (χ1n) is 8.70. The number of aromatic nitrogens is 5. The van der Waals surface area contributed by atoms with Crippen LogP contribution in [0, 0.1) is 5.92 Å². The zero-order valence-electron chi connectivity index (χ0n) is 14.9. The Bertz CT molecular complexity index is 736. The molecule has 8 nitrogen and oxygen atoms in total. The van der Waals surface area contributed by atoms with Crippen LogP contribution in [0.15, 0.2) is 9.32 Å². The minimum absolute atomic E-state index is 0.0297. The molecule has 0 aliphatic carbocycles. The Balaban J connectivity index is 1.61. The third-order valence-corrected chi connectivity index (χ3v) is 4.69. The van der Waals surface area contributed by atoms with Gasteiger partial charge in [0.05, 0.1) is 0 Å². The van der Waals surface area contributed by atoms with E-state index in [1.165, 1.54) is 4.68 Å². The van der Waals surface area contributed by atoms with Crippen molar-refractivity contribution in [3.05, 3.63) is 22.2 Å². The van der Waals surface area contributed by atoms with E-state index in [2.05, 4.69) is 20.1 Å². The summed E-state index contributed by atoms with van der Waals surface area (Å²) in [6.07, 6.45) is 2.93. The number of rotatable bonds is 5. The zero-order chi connectivity index (χ0) is 17.3. The lowest BCUT2D eigenvalue weighted by atomic mass is 9.93. The Labute approximate surface area is 141 Å². The van der Waals surface area contributed by atoms with Gasteiger partial charge in [0, 0.05) is 39.0 Å². The molecule has 0 bridgehead atoms. The molecular weight excluding hydrogens is 308 g/mol. The Morgan fingerprint density at radius 1 is 1.29 bits per heavy atom. The Morgan fingerprint density at radius 2 is 2.00 bits per heavy atom. The van der Waals surface area contributed by atoms with Crippen LogP contribution >= 0.6 is 0 Å². The van der Waals surface area contributed by atoms with Crippen molar-refractivity contribution in [3.63, 3.8) is 0 Å². The highest BCUT2D eigenvalue weighted by atomic mass is 16.5. The normalized spacial score (nSPS) is 16.3. The van der Waals surface area contributed by atoms with E-state index in [1.807, 2.05) is 20.8 Å². The van der Waals surface area contributed by atoms with Crippen molar-refractivity contribution >= 4 is 5.95 Å². The van der Waals surface area contributed by atoms with E-state index in [0.717, 1.165) is 38.2 Å². The van der Waals surface area contributed by atoms with Crippen LogP contribution in [0.4, 0.5) is 5.95 Å². The minimum atomic E-state index is -0.0297. The topological polar surface area (TPSA) is 82.0 Å². The van der Waals surface area contributed by atoms with Crippen molar-refractivity contribution in [2.45, 2.75) is 52.5 Å². The van der Waals surface area contributed by atoms with Crippen molar-refractivity contribution in [2.75, 3.05) is 18.0 Å². The van der Waals surface area contributed by atoms with Gasteiger partial charge in [-0.25, -0.2) is 9.48 Å². The maximum absolute atomic E-state index is 12.0. The molecule has 2 aromatic rings. The van der Waals surface area contributed by atoms with Crippen LogP contribution in [0.25, 0.3) is 0 Å². The van der Waals surface area contributed by atoms with E-state index >= 15 is 0 Å². The molecule has 0 amide bonds. The summed E-state index contributed by atoms with van der Waals surface area (Å²) in [5.74, 6) is 3.06. The fourth-order valence-corrected chi connectivity index (χ4v) is 3.21. The van der Waals surface area contributed by atoms with Gasteiger partial charge in [-0.3, -0.25) is 4.57 Å². The Morgan fingerprint density at radius 3 is 2.58 bits per heavy atom. The predicted octanol–water partition coefficient (Wildman–Crippen LogP) is 1.57. The highest BCUT2D eigenvalue weighted by molar-refractivity contribution is 5.28. The molecule has 8 heteroatoms. The van der Waals surface area contributed by atoms with Crippen LogP contribution < -0.4 is 10.6 Å². The highest BCUT2D eigenvalue weighted by Crippen LogP contribution is 2.24. The molecule has 0 atom stereocenters. The van der Waals surface area contributed by atoms with Gasteiger partial charge in [0.15, 0.2) is 0 Å². The van der Waals surface area contributed by atoms with Crippen molar-refractivity contribution < 1.29 is 4.52 Å². The first-order valence-corrected chi connectivity index (χ1v) is 8.70. The van der Waals surface area contributed by atoms with Gasteiger partial charge in [-0.1, -0.05) is 13.8 Å². The fourth-order valence-electron chi connectivity index (χ4n) is 3.21. The van der Waals surface area contributed by atoms with E-state index in [0.29, 0.717) is 24.3 Å². The number of hydrogen-bond acceptors (Lipinski definition) is 6. The number of piperidine rings is 1. The third kappa shape index (κ3) is 3.22. The van der Waals surface area contributed by atoms with E-state index in [-0.39, 0.29) is 11.6 Å². The summed E-state index contributed by atoms with van der Waals surface area (Å²) in [4.78, 5) is 18.6. The zero-order valence-corrected chi connectivity index (χ0v) is 14.9. The Kier molecular flexibility index (Phi) is 4.73. The first kappa shape index (κ1) is 16.7. The third-order valence-electron chi connectivity index (χ3n) is 4.69. The summed E-state index contributed by atoms with van der Waals surface area (Å²) >= 11 is 0. The van der Waals surface area contributed by atoms with Gasteiger partial charge in [0.2, 0.25) is 5.89 Å². The summed E-state index contributed by atoms with van der Waals surface area (Å²) in [7, 11) is 1.71. The van der Waals surface area contributed by atoms with E-state index in [9.17, 15) is 4.79 Å². The lowest BCUT2D eigenvalue weighted by molar-refractivity contribution is 0.357. The SMILES string of the molecule is CCn1c(CC2CCN(c3noc(C(C)C)n3)CC2)nn(C)c1=O. The first-order chi connectivity index (χ1) is 11.5. The van der Waals surface area contributed by atoms with Crippen LogP contribution in [0.1, 0.15) is 51.2 Å². The second-order valence-electron chi connectivity index (χ2n) is 6.79. The number of aryl methyl sites for hydroxylation is 1. The van der Waals surface area contributed by atoms with E-state index in [1.54, 1.807) is 11.6 Å². The van der Waals surface area contributed by atoms with Crippen LogP contribution in [0.2, 0.25) is 0 Å². The van der Waals surface area contributed by atoms with Crippen LogP contribution in [0.5, 0.6) is 0 Å². The molecule has 2 aromatic heterocycles. The molecule has 0 aromatic carbocycles. The lowest BCUT2D eigenvalue weighted by Gasteiger charge is -2.30. The monoisotopic (exact) mass is 334 g/mol. The van der Waals surface area contributed by atoms with Gasteiger partial charge >= 0.3 is 5.69 Å². The summed E-state index contributed by atoms with van der Waals surface area (Å²) < 4.78 is 8.49. The van der Waals surface area contributed by atoms with Crippen LogP contribution in [0.3, 0.4) is 0 Å². The molecule has 1 fully saturated rings. The number of nitrogens with zero attached hydrogens (tertiary/aromatic N) is 6. The molecule has 132 valence electrons. The largest absolute Gasteiger partial charge is 0.345 e.